The molecule has 0 bridgehead atoms. The monoisotopic (exact) mass is 535 g/mol. The van der Waals surface area contributed by atoms with Crippen molar-refractivity contribution >= 4 is 55.1 Å². The summed E-state index contributed by atoms with van der Waals surface area (Å²) in [5, 5.41) is 11.0. The van der Waals surface area contributed by atoms with Gasteiger partial charge in [0.15, 0.2) is 22.5 Å². The molecular formula is C26H25N5O4S2. The van der Waals surface area contributed by atoms with E-state index in [0.717, 1.165) is 21.3 Å². The maximum atomic E-state index is 13.7. The van der Waals surface area contributed by atoms with E-state index in [1.54, 1.807) is 24.9 Å². The van der Waals surface area contributed by atoms with Crippen LogP contribution >= 0.6 is 23.1 Å². The van der Waals surface area contributed by atoms with Crippen LogP contribution in [0.5, 0.6) is 11.5 Å². The number of carbonyl (C=O) groups excluding carboxylic acids is 1. The molecule has 11 heteroatoms. The molecule has 37 heavy (non-hydrogen) atoms. The van der Waals surface area contributed by atoms with Crippen molar-refractivity contribution in [2.24, 2.45) is 0 Å². The van der Waals surface area contributed by atoms with Gasteiger partial charge in [-0.1, -0.05) is 36.0 Å². The summed E-state index contributed by atoms with van der Waals surface area (Å²) in [7, 11) is 3.19. The molecule has 190 valence electrons. The van der Waals surface area contributed by atoms with E-state index in [2.05, 4.69) is 15.5 Å². The summed E-state index contributed by atoms with van der Waals surface area (Å²) in [6.07, 6.45) is 0.574. The number of H-pyrrole nitrogens is 1. The van der Waals surface area contributed by atoms with Gasteiger partial charge in [-0.15, -0.1) is 11.3 Å². The molecule has 9 nitrogen and oxygen atoms in total. The third-order valence-electron chi connectivity index (χ3n) is 5.82. The molecule has 0 radical (unpaired) electrons. The number of aryl methyl sites for hydroxylation is 2. The van der Waals surface area contributed by atoms with Gasteiger partial charge in [-0.25, -0.2) is 4.98 Å². The van der Waals surface area contributed by atoms with E-state index in [1.165, 1.54) is 23.1 Å². The summed E-state index contributed by atoms with van der Waals surface area (Å²) in [6.45, 7) is 2.26. The number of hydrogen-bond acceptors (Lipinski definition) is 8. The minimum Gasteiger partial charge on any atom is -0.493 e. The van der Waals surface area contributed by atoms with E-state index in [9.17, 15) is 9.59 Å². The highest BCUT2D eigenvalue weighted by molar-refractivity contribution is 7.99. The van der Waals surface area contributed by atoms with E-state index in [4.69, 9.17) is 14.5 Å². The van der Waals surface area contributed by atoms with Crippen LogP contribution in [0.2, 0.25) is 0 Å². The lowest BCUT2D eigenvalue weighted by molar-refractivity contribution is -0.113. The number of amides is 1. The number of anilines is 1. The highest BCUT2D eigenvalue weighted by Gasteiger charge is 2.18. The smallest absolute Gasteiger partial charge is 0.272 e. The zero-order chi connectivity index (χ0) is 25.9. The molecule has 5 aromatic rings. The van der Waals surface area contributed by atoms with E-state index in [0.29, 0.717) is 45.7 Å². The number of aromatic amines is 1. The topological polar surface area (TPSA) is 111 Å². The van der Waals surface area contributed by atoms with Gasteiger partial charge >= 0.3 is 0 Å². The third-order valence-corrected chi connectivity index (χ3v) is 7.95. The molecule has 0 saturated heterocycles. The van der Waals surface area contributed by atoms with Gasteiger partial charge in [0, 0.05) is 28.4 Å². The van der Waals surface area contributed by atoms with Crippen molar-refractivity contribution in [3.8, 4) is 11.5 Å². The van der Waals surface area contributed by atoms with Gasteiger partial charge in [0.1, 0.15) is 4.70 Å². The predicted octanol–water partition coefficient (Wildman–Crippen LogP) is 4.63. The molecule has 0 saturated carbocycles. The number of ether oxygens (including phenoxy) is 2. The Morgan fingerprint density at radius 1 is 1.14 bits per heavy atom. The molecule has 0 aliphatic carbocycles. The summed E-state index contributed by atoms with van der Waals surface area (Å²) in [6, 6.07) is 15.3. The highest BCUT2D eigenvalue weighted by atomic mass is 32.2. The van der Waals surface area contributed by atoms with Crippen LogP contribution in [0.4, 0.5) is 5.82 Å². The van der Waals surface area contributed by atoms with Crippen molar-refractivity contribution in [3.05, 3.63) is 70.1 Å². The van der Waals surface area contributed by atoms with E-state index < -0.39 is 0 Å². The molecule has 0 aliphatic heterocycles. The second-order valence-corrected chi connectivity index (χ2v) is 10.3. The number of methoxy groups -OCH3 is 2. The summed E-state index contributed by atoms with van der Waals surface area (Å²) < 4.78 is 14.0. The van der Waals surface area contributed by atoms with Gasteiger partial charge in [-0.2, -0.15) is 5.10 Å². The minimum absolute atomic E-state index is 0.0856. The number of fused-ring (bicyclic) bond motifs is 3. The fraction of sp³-hybridized carbons (Fsp3) is 0.231. The summed E-state index contributed by atoms with van der Waals surface area (Å²) >= 11 is 2.67. The first kappa shape index (κ1) is 24.8. The Balaban J connectivity index is 1.46. The molecule has 3 heterocycles. The SMILES string of the molecule is COc1ccc(CCn2c(SCC(=O)Nc3cc(C)[nH]n3)nc3c(sc4ccccc43)c2=O)cc1OC. The zero-order valence-electron chi connectivity index (χ0n) is 20.5. The molecule has 0 aliphatic rings. The van der Waals surface area contributed by atoms with Crippen molar-refractivity contribution in [2.45, 2.75) is 25.0 Å². The second-order valence-electron chi connectivity index (χ2n) is 8.34. The number of benzene rings is 2. The van der Waals surface area contributed by atoms with Crippen LogP contribution in [-0.2, 0) is 17.8 Å². The number of rotatable bonds is 9. The Bertz CT molecular complexity index is 1660. The van der Waals surface area contributed by atoms with Crippen molar-refractivity contribution in [1.82, 2.24) is 19.7 Å². The lowest BCUT2D eigenvalue weighted by atomic mass is 10.1. The fourth-order valence-corrected chi connectivity index (χ4v) is 5.94. The average Bonchev–Trinajstić information content (AvgIpc) is 3.49. The van der Waals surface area contributed by atoms with E-state index >= 15 is 0 Å². The lowest BCUT2D eigenvalue weighted by Gasteiger charge is -2.13. The third kappa shape index (κ3) is 5.18. The number of hydrogen-bond donors (Lipinski definition) is 2. The molecule has 0 fully saturated rings. The van der Waals surface area contributed by atoms with Crippen LogP contribution in [0.1, 0.15) is 11.3 Å². The molecule has 0 spiro atoms. The van der Waals surface area contributed by atoms with Gasteiger partial charge < -0.3 is 14.8 Å². The van der Waals surface area contributed by atoms with Crippen LogP contribution < -0.4 is 20.3 Å². The number of aromatic nitrogens is 4. The molecule has 2 aromatic carbocycles. The standard InChI is InChI=1S/C26H25N5O4S2/c1-15-12-21(30-29-15)27-22(32)14-36-26-28-23-17-6-4-5-7-20(17)37-24(23)25(33)31(26)11-10-16-8-9-18(34-2)19(13-16)35-3/h4-9,12-13H,10-11,14H2,1-3H3,(H2,27,29,30,32). The molecule has 0 atom stereocenters. The van der Waals surface area contributed by atoms with Crippen LogP contribution in [0.3, 0.4) is 0 Å². The van der Waals surface area contributed by atoms with Crippen LogP contribution in [-0.4, -0.2) is 45.6 Å². The average molecular weight is 536 g/mol. The van der Waals surface area contributed by atoms with Gasteiger partial charge in [-0.05, 0) is 37.1 Å². The number of nitrogens with zero attached hydrogens (tertiary/aromatic N) is 3. The number of thiophene rings is 1. The molecular weight excluding hydrogens is 510 g/mol. The zero-order valence-corrected chi connectivity index (χ0v) is 22.2. The first-order valence-corrected chi connectivity index (χ1v) is 13.3. The van der Waals surface area contributed by atoms with Crippen LogP contribution in [0.25, 0.3) is 20.3 Å². The van der Waals surface area contributed by atoms with Gasteiger partial charge in [0.05, 0.1) is 25.5 Å². The Morgan fingerprint density at radius 2 is 1.95 bits per heavy atom. The Hall–Kier alpha value is -3.83. The fourth-order valence-electron chi connectivity index (χ4n) is 4.03. The summed E-state index contributed by atoms with van der Waals surface area (Å²) in [4.78, 5) is 31.1. The van der Waals surface area contributed by atoms with E-state index in [-0.39, 0.29) is 17.2 Å². The summed E-state index contributed by atoms with van der Waals surface area (Å²) in [5.41, 5.74) is 2.39. The Morgan fingerprint density at radius 3 is 2.70 bits per heavy atom. The number of thioether (sulfide) groups is 1. The first-order valence-electron chi connectivity index (χ1n) is 11.5. The Labute approximate surface area is 220 Å². The predicted molar refractivity (Wildman–Crippen MR) is 147 cm³/mol. The highest BCUT2D eigenvalue weighted by Crippen LogP contribution is 2.32. The van der Waals surface area contributed by atoms with Gasteiger partial charge in [0.2, 0.25) is 5.91 Å². The largest absolute Gasteiger partial charge is 0.493 e. The van der Waals surface area contributed by atoms with Crippen molar-refractivity contribution in [2.75, 3.05) is 25.3 Å². The number of nitrogens with one attached hydrogen (secondary N) is 2. The minimum atomic E-state index is -0.229. The summed E-state index contributed by atoms with van der Waals surface area (Å²) in [5.74, 6) is 1.59. The molecule has 2 N–H and O–H groups in total. The van der Waals surface area contributed by atoms with Crippen molar-refractivity contribution in [3.63, 3.8) is 0 Å². The normalized spacial score (nSPS) is 11.2. The van der Waals surface area contributed by atoms with Gasteiger partial charge in [-0.3, -0.25) is 19.3 Å². The van der Waals surface area contributed by atoms with Crippen molar-refractivity contribution < 1.29 is 14.3 Å². The van der Waals surface area contributed by atoms with Crippen molar-refractivity contribution in [1.29, 1.82) is 0 Å². The molecule has 1 amide bonds. The van der Waals surface area contributed by atoms with Crippen LogP contribution in [0.15, 0.2) is 58.5 Å². The maximum absolute atomic E-state index is 13.7. The molecule has 0 unspecified atom stereocenters. The number of carbonyl (C=O) groups is 1. The van der Waals surface area contributed by atoms with E-state index in [1.807, 2.05) is 49.4 Å². The molecule has 5 rings (SSSR count). The second kappa shape index (κ2) is 10.7. The Kier molecular flexibility index (Phi) is 7.15. The lowest BCUT2D eigenvalue weighted by Crippen LogP contribution is -2.24. The van der Waals surface area contributed by atoms with Crippen LogP contribution in [0, 0.1) is 6.92 Å². The van der Waals surface area contributed by atoms with Gasteiger partial charge in [0.25, 0.3) is 5.56 Å². The maximum Gasteiger partial charge on any atom is 0.272 e. The first-order chi connectivity index (χ1) is 18.0. The molecule has 3 aromatic heterocycles. The quantitative estimate of drug-likeness (QED) is 0.209.